The largest absolute Gasteiger partial charge is 0.492 e. The molecule has 0 aliphatic rings. The van der Waals surface area contributed by atoms with E-state index in [1.54, 1.807) is 0 Å². The summed E-state index contributed by atoms with van der Waals surface area (Å²) in [6.45, 7) is 3.35. The van der Waals surface area contributed by atoms with Crippen LogP contribution in [0.5, 0.6) is 5.75 Å². The van der Waals surface area contributed by atoms with E-state index in [0.29, 0.717) is 18.3 Å². The molecule has 0 aliphatic carbocycles. The van der Waals surface area contributed by atoms with Crippen molar-refractivity contribution >= 4 is 38.9 Å². The van der Waals surface area contributed by atoms with E-state index in [9.17, 15) is 0 Å². The first-order chi connectivity index (χ1) is 10.6. The standard InChI is InChI=1S/C17H19BrN2OS/c1-13-5-3-4-6-16(13)19-17(22)20(2)11-12-21-15-9-7-14(18)8-10-15/h3-10H,11-12H2,1-2H3,(H,19,22). The highest BCUT2D eigenvalue weighted by molar-refractivity contribution is 9.10. The number of para-hydroxylation sites is 1. The number of ether oxygens (including phenoxy) is 1. The van der Waals surface area contributed by atoms with Crippen LogP contribution in [0.2, 0.25) is 0 Å². The summed E-state index contributed by atoms with van der Waals surface area (Å²) in [4.78, 5) is 1.97. The van der Waals surface area contributed by atoms with Crippen molar-refractivity contribution in [2.45, 2.75) is 6.92 Å². The Bertz CT molecular complexity index is 631. The van der Waals surface area contributed by atoms with E-state index in [0.717, 1.165) is 15.9 Å². The Morgan fingerprint density at radius 2 is 1.86 bits per heavy atom. The summed E-state index contributed by atoms with van der Waals surface area (Å²) in [5.41, 5.74) is 2.21. The average molecular weight is 379 g/mol. The lowest BCUT2D eigenvalue weighted by Gasteiger charge is -2.21. The van der Waals surface area contributed by atoms with Gasteiger partial charge in [-0.2, -0.15) is 0 Å². The zero-order chi connectivity index (χ0) is 15.9. The van der Waals surface area contributed by atoms with Gasteiger partial charge in [-0.15, -0.1) is 0 Å². The van der Waals surface area contributed by atoms with Gasteiger partial charge in [0.25, 0.3) is 0 Å². The van der Waals surface area contributed by atoms with Crippen molar-refractivity contribution in [1.82, 2.24) is 4.90 Å². The van der Waals surface area contributed by atoms with Crippen molar-refractivity contribution in [1.29, 1.82) is 0 Å². The van der Waals surface area contributed by atoms with Crippen LogP contribution in [0.3, 0.4) is 0 Å². The first-order valence-corrected chi connectivity index (χ1v) is 8.22. The molecule has 2 rings (SSSR count). The van der Waals surface area contributed by atoms with E-state index in [4.69, 9.17) is 17.0 Å². The lowest BCUT2D eigenvalue weighted by Crippen LogP contribution is -2.34. The van der Waals surface area contributed by atoms with Gasteiger partial charge in [0, 0.05) is 17.2 Å². The number of likely N-dealkylation sites (N-methyl/N-ethyl adjacent to an activating group) is 1. The quantitative estimate of drug-likeness (QED) is 0.775. The highest BCUT2D eigenvalue weighted by Crippen LogP contribution is 2.16. The van der Waals surface area contributed by atoms with Crippen LogP contribution in [0.25, 0.3) is 0 Å². The summed E-state index contributed by atoms with van der Waals surface area (Å²) >= 11 is 8.82. The maximum absolute atomic E-state index is 5.71. The SMILES string of the molecule is Cc1ccccc1NC(=S)N(C)CCOc1ccc(Br)cc1. The minimum absolute atomic E-state index is 0.577. The van der Waals surface area contributed by atoms with E-state index in [1.807, 2.05) is 54.4 Å². The summed E-state index contributed by atoms with van der Waals surface area (Å²) in [7, 11) is 1.96. The minimum atomic E-state index is 0.577. The third-order valence-electron chi connectivity index (χ3n) is 3.24. The molecule has 1 N–H and O–H groups in total. The summed E-state index contributed by atoms with van der Waals surface area (Å²) in [5.74, 6) is 0.856. The van der Waals surface area contributed by atoms with Gasteiger partial charge in [0.2, 0.25) is 0 Å². The molecule has 0 aromatic heterocycles. The van der Waals surface area contributed by atoms with Gasteiger partial charge in [0.15, 0.2) is 5.11 Å². The molecule has 0 unspecified atom stereocenters. The van der Waals surface area contributed by atoms with Crippen molar-refractivity contribution in [2.24, 2.45) is 0 Å². The minimum Gasteiger partial charge on any atom is -0.492 e. The zero-order valence-electron chi connectivity index (χ0n) is 12.7. The van der Waals surface area contributed by atoms with Gasteiger partial charge in [0.1, 0.15) is 12.4 Å². The molecule has 0 radical (unpaired) electrons. The first kappa shape index (κ1) is 16.8. The summed E-state index contributed by atoms with van der Waals surface area (Å²) in [6.07, 6.45) is 0. The van der Waals surface area contributed by atoms with Gasteiger partial charge < -0.3 is 15.0 Å². The van der Waals surface area contributed by atoms with Gasteiger partial charge >= 0.3 is 0 Å². The number of rotatable bonds is 5. The summed E-state index contributed by atoms with van der Waals surface area (Å²) in [6, 6.07) is 15.9. The van der Waals surface area contributed by atoms with Crippen LogP contribution in [0.1, 0.15) is 5.56 Å². The number of thiocarbonyl (C=S) groups is 1. The Labute approximate surface area is 145 Å². The fourth-order valence-electron chi connectivity index (χ4n) is 1.86. The van der Waals surface area contributed by atoms with Crippen molar-refractivity contribution in [3.05, 3.63) is 58.6 Å². The molecule has 0 amide bonds. The Morgan fingerprint density at radius 1 is 1.18 bits per heavy atom. The zero-order valence-corrected chi connectivity index (χ0v) is 15.1. The molecule has 0 fully saturated rings. The molecular formula is C17H19BrN2OS. The number of hydrogen-bond donors (Lipinski definition) is 1. The van der Waals surface area contributed by atoms with Crippen LogP contribution in [-0.2, 0) is 0 Å². The van der Waals surface area contributed by atoms with E-state index in [-0.39, 0.29) is 0 Å². The fourth-order valence-corrected chi connectivity index (χ4v) is 2.32. The van der Waals surface area contributed by atoms with Crippen molar-refractivity contribution in [3.63, 3.8) is 0 Å². The van der Waals surface area contributed by atoms with Crippen molar-refractivity contribution in [2.75, 3.05) is 25.5 Å². The van der Waals surface area contributed by atoms with Crippen LogP contribution >= 0.6 is 28.1 Å². The molecular weight excluding hydrogens is 360 g/mol. The summed E-state index contributed by atoms with van der Waals surface area (Å²) < 4.78 is 6.75. The number of benzene rings is 2. The topological polar surface area (TPSA) is 24.5 Å². The normalized spacial score (nSPS) is 10.1. The predicted molar refractivity (Wildman–Crippen MR) is 99.7 cm³/mol. The highest BCUT2D eigenvalue weighted by Gasteiger charge is 2.06. The molecule has 0 heterocycles. The molecule has 2 aromatic carbocycles. The maximum Gasteiger partial charge on any atom is 0.173 e. The van der Waals surface area contributed by atoms with Crippen molar-refractivity contribution < 1.29 is 4.74 Å². The summed E-state index contributed by atoms with van der Waals surface area (Å²) in [5, 5.41) is 3.95. The molecule has 22 heavy (non-hydrogen) atoms. The maximum atomic E-state index is 5.71. The highest BCUT2D eigenvalue weighted by atomic mass is 79.9. The number of hydrogen-bond acceptors (Lipinski definition) is 2. The lowest BCUT2D eigenvalue weighted by molar-refractivity contribution is 0.285. The molecule has 5 heteroatoms. The molecule has 0 saturated heterocycles. The monoisotopic (exact) mass is 378 g/mol. The van der Waals surface area contributed by atoms with Crippen molar-refractivity contribution in [3.8, 4) is 5.75 Å². The molecule has 116 valence electrons. The van der Waals surface area contributed by atoms with Crippen LogP contribution in [0, 0.1) is 6.92 Å². The average Bonchev–Trinajstić information content (AvgIpc) is 2.51. The number of nitrogens with zero attached hydrogens (tertiary/aromatic N) is 1. The molecule has 0 saturated carbocycles. The molecule has 0 aliphatic heterocycles. The molecule has 0 spiro atoms. The second-order valence-corrected chi connectivity index (χ2v) is 6.27. The van der Waals surface area contributed by atoms with Crippen LogP contribution < -0.4 is 10.1 Å². The Morgan fingerprint density at radius 3 is 2.55 bits per heavy atom. The Balaban J connectivity index is 1.79. The van der Waals surface area contributed by atoms with E-state index >= 15 is 0 Å². The Hall–Kier alpha value is -1.59. The predicted octanol–water partition coefficient (Wildman–Crippen LogP) is 4.47. The molecule has 3 nitrogen and oxygen atoms in total. The molecule has 2 aromatic rings. The first-order valence-electron chi connectivity index (χ1n) is 7.02. The number of nitrogens with one attached hydrogen (secondary N) is 1. The van der Waals surface area contributed by atoms with Gasteiger partial charge in [-0.05, 0) is 55.0 Å². The van der Waals surface area contributed by atoms with Crippen LogP contribution in [-0.4, -0.2) is 30.2 Å². The van der Waals surface area contributed by atoms with Crippen LogP contribution in [0.15, 0.2) is 53.0 Å². The smallest absolute Gasteiger partial charge is 0.173 e. The van der Waals surface area contributed by atoms with E-state index in [1.165, 1.54) is 5.56 Å². The van der Waals surface area contributed by atoms with Crippen LogP contribution in [0.4, 0.5) is 5.69 Å². The van der Waals surface area contributed by atoms with Gasteiger partial charge in [-0.25, -0.2) is 0 Å². The Kier molecular flexibility index (Phi) is 6.21. The van der Waals surface area contributed by atoms with Gasteiger partial charge in [-0.1, -0.05) is 34.1 Å². The molecule has 0 atom stereocenters. The van der Waals surface area contributed by atoms with Gasteiger partial charge in [0.05, 0.1) is 6.54 Å². The fraction of sp³-hybridized carbons (Fsp3) is 0.235. The lowest BCUT2D eigenvalue weighted by atomic mass is 10.2. The van der Waals surface area contributed by atoms with Gasteiger partial charge in [-0.3, -0.25) is 0 Å². The second-order valence-electron chi connectivity index (χ2n) is 4.97. The number of aryl methyl sites for hydroxylation is 1. The number of anilines is 1. The van der Waals surface area contributed by atoms with E-state index in [2.05, 4.69) is 34.2 Å². The third kappa shape index (κ3) is 5.00. The van der Waals surface area contributed by atoms with E-state index < -0.39 is 0 Å². The number of halogens is 1. The second kappa shape index (κ2) is 8.15. The third-order valence-corrected chi connectivity index (χ3v) is 4.18. The molecule has 0 bridgehead atoms.